The minimum atomic E-state index is -4.58. The highest BCUT2D eigenvalue weighted by molar-refractivity contribution is 6.07. The van der Waals surface area contributed by atoms with Crippen LogP contribution in [0.4, 0.5) is 23.2 Å². The molecule has 0 aliphatic rings. The summed E-state index contributed by atoms with van der Waals surface area (Å²) in [5, 5.41) is 2.36. The Morgan fingerprint density at radius 3 is 2.18 bits per heavy atom. The number of aryl methyl sites for hydroxylation is 2. The van der Waals surface area contributed by atoms with Gasteiger partial charge in [0.05, 0.1) is 11.3 Å². The number of carbonyl (C=O) groups excluding carboxylic acids is 1. The second-order valence-electron chi connectivity index (χ2n) is 6.35. The van der Waals surface area contributed by atoms with Crippen LogP contribution in [0, 0.1) is 19.8 Å². The minimum absolute atomic E-state index is 0.288. The van der Waals surface area contributed by atoms with E-state index in [-0.39, 0.29) is 11.3 Å². The highest BCUT2D eigenvalue weighted by atomic mass is 19.4. The lowest BCUT2D eigenvalue weighted by atomic mass is 9.95. The molecule has 1 heterocycles. The minimum Gasteiger partial charge on any atom is -0.321 e. The maximum absolute atomic E-state index is 13.1. The molecule has 1 N–H and O–H groups in total. The number of para-hydroxylation sites is 1. The molecule has 144 valence electrons. The van der Waals surface area contributed by atoms with E-state index in [2.05, 4.69) is 10.3 Å². The molecule has 0 saturated carbocycles. The number of rotatable bonds is 3. The zero-order chi connectivity index (χ0) is 20.5. The van der Waals surface area contributed by atoms with E-state index in [1.807, 2.05) is 0 Å². The first-order chi connectivity index (χ1) is 13.2. The van der Waals surface area contributed by atoms with Gasteiger partial charge in [0.2, 0.25) is 5.95 Å². The molecule has 3 aromatic rings. The van der Waals surface area contributed by atoms with E-state index in [4.69, 9.17) is 0 Å². The number of pyridine rings is 1. The van der Waals surface area contributed by atoms with Crippen molar-refractivity contribution in [2.45, 2.75) is 20.0 Å². The Morgan fingerprint density at radius 1 is 0.964 bits per heavy atom. The summed E-state index contributed by atoms with van der Waals surface area (Å²) < 4.78 is 52.4. The highest BCUT2D eigenvalue weighted by Gasteiger charge is 2.33. The van der Waals surface area contributed by atoms with E-state index < -0.39 is 23.6 Å². The summed E-state index contributed by atoms with van der Waals surface area (Å²) in [5.74, 6) is -1.23. The average molecular weight is 388 g/mol. The van der Waals surface area contributed by atoms with E-state index >= 15 is 0 Å². The second-order valence-corrected chi connectivity index (χ2v) is 6.35. The monoisotopic (exact) mass is 388 g/mol. The molecule has 3 nitrogen and oxygen atoms in total. The Kier molecular flexibility index (Phi) is 5.18. The summed E-state index contributed by atoms with van der Waals surface area (Å²) >= 11 is 0. The Labute approximate surface area is 159 Å². The first kappa shape index (κ1) is 19.5. The number of halogens is 4. The molecule has 2 aromatic carbocycles. The summed E-state index contributed by atoms with van der Waals surface area (Å²) in [5.41, 5.74) is 1.65. The number of aromatic nitrogens is 1. The molecule has 1 amide bonds. The summed E-state index contributed by atoms with van der Waals surface area (Å²) in [7, 11) is 0. The zero-order valence-electron chi connectivity index (χ0n) is 15.1. The fourth-order valence-corrected chi connectivity index (χ4v) is 3.06. The van der Waals surface area contributed by atoms with Crippen molar-refractivity contribution in [3.63, 3.8) is 0 Å². The molecule has 0 aliphatic heterocycles. The molecular formula is C21H16F4N2O. The van der Waals surface area contributed by atoms with Gasteiger partial charge in [-0.1, -0.05) is 24.3 Å². The fourth-order valence-electron chi connectivity index (χ4n) is 3.06. The molecule has 0 aliphatic carbocycles. The van der Waals surface area contributed by atoms with Crippen molar-refractivity contribution in [1.82, 2.24) is 4.98 Å². The van der Waals surface area contributed by atoms with E-state index in [0.717, 1.165) is 11.6 Å². The molecule has 0 atom stereocenters. The van der Waals surface area contributed by atoms with E-state index in [9.17, 15) is 22.4 Å². The standard InChI is InChI=1S/C21H16F4N2O/c1-12-9-15(14-7-8-18(22)26-11-14)10-13(2)19(12)20(28)27-17-6-4-3-5-16(17)21(23,24)25/h3-11H,1-2H3,(H,27,28). The van der Waals surface area contributed by atoms with E-state index in [1.165, 1.54) is 30.5 Å². The van der Waals surface area contributed by atoms with Crippen LogP contribution in [0.3, 0.4) is 0 Å². The van der Waals surface area contributed by atoms with Crippen LogP contribution in [0.15, 0.2) is 54.7 Å². The number of amides is 1. The van der Waals surface area contributed by atoms with Gasteiger partial charge < -0.3 is 5.32 Å². The zero-order valence-corrected chi connectivity index (χ0v) is 15.1. The van der Waals surface area contributed by atoms with Crippen molar-refractivity contribution >= 4 is 11.6 Å². The van der Waals surface area contributed by atoms with Gasteiger partial charge in [-0.2, -0.15) is 17.6 Å². The predicted molar refractivity (Wildman–Crippen MR) is 98.5 cm³/mol. The van der Waals surface area contributed by atoms with Crippen molar-refractivity contribution in [1.29, 1.82) is 0 Å². The third-order valence-corrected chi connectivity index (χ3v) is 4.30. The van der Waals surface area contributed by atoms with Gasteiger partial charge in [-0.15, -0.1) is 0 Å². The topological polar surface area (TPSA) is 42.0 Å². The lowest BCUT2D eigenvalue weighted by molar-refractivity contribution is -0.136. The van der Waals surface area contributed by atoms with Gasteiger partial charge in [-0.05, 0) is 54.8 Å². The van der Waals surface area contributed by atoms with Crippen molar-refractivity contribution < 1.29 is 22.4 Å². The van der Waals surface area contributed by atoms with Crippen LogP contribution in [0.5, 0.6) is 0 Å². The molecule has 0 bridgehead atoms. The fraction of sp³-hybridized carbons (Fsp3) is 0.143. The third-order valence-electron chi connectivity index (χ3n) is 4.30. The summed E-state index contributed by atoms with van der Waals surface area (Å²) in [6.07, 6.45) is -3.20. The van der Waals surface area contributed by atoms with Gasteiger partial charge in [0, 0.05) is 17.3 Å². The highest BCUT2D eigenvalue weighted by Crippen LogP contribution is 2.35. The van der Waals surface area contributed by atoms with Crippen molar-refractivity contribution in [2.24, 2.45) is 0 Å². The number of nitrogens with one attached hydrogen (secondary N) is 1. The van der Waals surface area contributed by atoms with Crippen LogP contribution in [0.25, 0.3) is 11.1 Å². The first-order valence-corrected chi connectivity index (χ1v) is 8.37. The lowest BCUT2D eigenvalue weighted by Crippen LogP contribution is -2.18. The number of alkyl halides is 3. The normalized spacial score (nSPS) is 11.4. The second kappa shape index (κ2) is 7.42. The maximum atomic E-state index is 13.1. The van der Waals surface area contributed by atoms with Crippen molar-refractivity contribution in [3.8, 4) is 11.1 Å². The Hall–Kier alpha value is -3.22. The molecule has 0 spiro atoms. The molecule has 0 unspecified atom stereocenters. The predicted octanol–water partition coefficient (Wildman–Crippen LogP) is 5.78. The maximum Gasteiger partial charge on any atom is 0.418 e. The number of carbonyl (C=O) groups is 1. The molecular weight excluding hydrogens is 372 g/mol. The summed E-state index contributed by atoms with van der Waals surface area (Å²) in [4.78, 5) is 16.3. The van der Waals surface area contributed by atoms with Gasteiger partial charge in [0.25, 0.3) is 5.91 Å². The lowest BCUT2D eigenvalue weighted by Gasteiger charge is -2.16. The van der Waals surface area contributed by atoms with Gasteiger partial charge in [0.15, 0.2) is 0 Å². The Bertz CT molecular complexity index is 1000. The molecule has 7 heteroatoms. The first-order valence-electron chi connectivity index (χ1n) is 8.37. The quantitative estimate of drug-likeness (QED) is 0.457. The molecule has 28 heavy (non-hydrogen) atoms. The SMILES string of the molecule is Cc1cc(-c2ccc(F)nc2)cc(C)c1C(=O)Nc1ccccc1C(F)(F)F. The average Bonchev–Trinajstić information content (AvgIpc) is 2.61. The van der Waals surface area contributed by atoms with E-state index in [0.29, 0.717) is 16.7 Å². The van der Waals surface area contributed by atoms with Gasteiger partial charge in [-0.25, -0.2) is 4.98 Å². The smallest absolute Gasteiger partial charge is 0.321 e. The number of nitrogens with zero attached hydrogens (tertiary/aromatic N) is 1. The van der Waals surface area contributed by atoms with Gasteiger partial charge in [0.1, 0.15) is 0 Å². The van der Waals surface area contributed by atoms with Gasteiger partial charge in [-0.3, -0.25) is 4.79 Å². The third kappa shape index (κ3) is 4.03. The number of hydrogen-bond acceptors (Lipinski definition) is 2. The number of benzene rings is 2. The van der Waals surface area contributed by atoms with Crippen LogP contribution < -0.4 is 5.32 Å². The van der Waals surface area contributed by atoms with Crippen molar-refractivity contribution in [2.75, 3.05) is 5.32 Å². The largest absolute Gasteiger partial charge is 0.418 e. The molecule has 3 rings (SSSR count). The summed E-state index contributed by atoms with van der Waals surface area (Å²) in [6.45, 7) is 3.38. The van der Waals surface area contributed by atoms with Crippen LogP contribution >= 0.6 is 0 Å². The number of hydrogen-bond donors (Lipinski definition) is 1. The number of anilines is 1. The summed E-state index contributed by atoms with van der Waals surface area (Å²) in [6, 6.07) is 11.0. The Morgan fingerprint density at radius 2 is 1.61 bits per heavy atom. The van der Waals surface area contributed by atoms with Crippen molar-refractivity contribution in [3.05, 3.63) is 82.9 Å². The molecule has 0 radical (unpaired) electrons. The molecule has 1 aromatic heterocycles. The molecule has 0 fully saturated rings. The molecule has 0 saturated heterocycles. The van der Waals surface area contributed by atoms with Gasteiger partial charge >= 0.3 is 6.18 Å². The van der Waals surface area contributed by atoms with Crippen LogP contribution in [-0.2, 0) is 6.18 Å². The van der Waals surface area contributed by atoms with Crippen LogP contribution in [0.2, 0.25) is 0 Å². The van der Waals surface area contributed by atoms with Crippen LogP contribution in [0.1, 0.15) is 27.0 Å². The van der Waals surface area contributed by atoms with E-state index in [1.54, 1.807) is 32.0 Å². The van der Waals surface area contributed by atoms with Crippen LogP contribution in [-0.4, -0.2) is 10.9 Å². The Balaban J connectivity index is 1.94.